The predicted molar refractivity (Wildman–Crippen MR) is 75.5 cm³/mol. The van der Waals surface area contributed by atoms with E-state index in [1.807, 2.05) is 0 Å². The van der Waals surface area contributed by atoms with E-state index in [0.717, 1.165) is 29.6 Å². The summed E-state index contributed by atoms with van der Waals surface area (Å²) < 4.78 is 0. The van der Waals surface area contributed by atoms with Crippen LogP contribution in [0.5, 0.6) is 0 Å². The summed E-state index contributed by atoms with van der Waals surface area (Å²) in [5, 5.41) is 0. The molecule has 0 aliphatic rings. The van der Waals surface area contributed by atoms with Gasteiger partial charge in [-0.15, -0.1) is 6.58 Å². The second kappa shape index (κ2) is 7.92. The third kappa shape index (κ3) is 4.31. The summed E-state index contributed by atoms with van der Waals surface area (Å²) in [6, 6.07) is 0. The lowest BCUT2D eigenvalue weighted by Gasteiger charge is -2.35. The molecule has 0 aromatic rings. The maximum absolute atomic E-state index is 3.92. The maximum Gasteiger partial charge on any atom is -0.0320 e. The molecule has 0 saturated heterocycles. The highest BCUT2D eigenvalue weighted by Gasteiger charge is 2.27. The van der Waals surface area contributed by atoms with Gasteiger partial charge in [0.2, 0.25) is 0 Å². The quantitative estimate of drug-likeness (QED) is 0.475. The van der Waals surface area contributed by atoms with E-state index in [4.69, 9.17) is 0 Å². The zero-order valence-electron chi connectivity index (χ0n) is 12.3. The summed E-state index contributed by atoms with van der Waals surface area (Å²) in [5.41, 5.74) is 0. The van der Waals surface area contributed by atoms with E-state index < -0.39 is 0 Å². The van der Waals surface area contributed by atoms with Crippen molar-refractivity contribution in [3.63, 3.8) is 0 Å². The number of rotatable bonds is 8. The SMILES string of the molecule is C=CCC(C(C)CC)C(C)C(C)C(C)CC. The third-order valence-electron chi connectivity index (χ3n) is 4.86. The molecule has 0 aliphatic heterocycles. The Morgan fingerprint density at radius 1 is 0.875 bits per heavy atom. The molecular weight excluding hydrogens is 192 g/mol. The topological polar surface area (TPSA) is 0 Å². The smallest absolute Gasteiger partial charge is 0.0320 e. The summed E-state index contributed by atoms with van der Waals surface area (Å²) in [4.78, 5) is 0. The van der Waals surface area contributed by atoms with Crippen LogP contribution in [0.1, 0.15) is 60.8 Å². The molecule has 0 nitrogen and oxygen atoms in total. The molecule has 0 bridgehead atoms. The largest absolute Gasteiger partial charge is 0.103 e. The Labute approximate surface area is 104 Å². The Balaban J connectivity index is 4.58. The van der Waals surface area contributed by atoms with Crippen LogP contribution in [0.3, 0.4) is 0 Å². The lowest BCUT2D eigenvalue weighted by atomic mass is 9.71. The van der Waals surface area contributed by atoms with Gasteiger partial charge < -0.3 is 0 Å². The molecule has 0 aromatic heterocycles. The molecule has 5 unspecified atom stereocenters. The Morgan fingerprint density at radius 3 is 1.75 bits per heavy atom. The molecule has 0 rings (SSSR count). The van der Waals surface area contributed by atoms with Crippen molar-refractivity contribution in [2.45, 2.75) is 60.8 Å². The molecule has 16 heavy (non-hydrogen) atoms. The minimum Gasteiger partial charge on any atom is -0.103 e. The zero-order valence-corrected chi connectivity index (χ0v) is 12.3. The first-order valence-corrected chi connectivity index (χ1v) is 7.10. The van der Waals surface area contributed by atoms with E-state index in [-0.39, 0.29) is 0 Å². The van der Waals surface area contributed by atoms with Crippen LogP contribution in [-0.4, -0.2) is 0 Å². The van der Waals surface area contributed by atoms with Gasteiger partial charge in [-0.05, 0) is 36.0 Å². The molecule has 0 fully saturated rings. The number of hydrogen-bond donors (Lipinski definition) is 0. The summed E-state index contributed by atoms with van der Waals surface area (Å²) in [7, 11) is 0. The lowest BCUT2D eigenvalue weighted by Crippen LogP contribution is -2.27. The Hall–Kier alpha value is -0.260. The van der Waals surface area contributed by atoms with Gasteiger partial charge in [-0.3, -0.25) is 0 Å². The van der Waals surface area contributed by atoms with E-state index in [0.29, 0.717) is 0 Å². The van der Waals surface area contributed by atoms with Crippen molar-refractivity contribution in [2.75, 3.05) is 0 Å². The fourth-order valence-electron chi connectivity index (χ4n) is 2.74. The third-order valence-corrected chi connectivity index (χ3v) is 4.86. The van der Waals surface area contributed by atoms with Crippen LogP contribution in [0.15, 0.2) is 12.7 Å². The molecule has 0 heterocycles. The molecule has 0 heteroatoms. The van der Waals surface area contributed by atoms with Gasteiger partial charge in [0.15, 0.2) is 0 Å². The van der Waals surface area contributed by atoms with E-state index in [1.54, 1.807) is 0 Å². The molecular formula is C16H32. The van der Waals surface area contributed by atoms with E-state index in [1.165, 1.54) is 19.3 Å². The summed E-state index contributed by atoms with van der Waals surface area (Å²) in [6.07, 6.45) is 5.87. The highest BCUT2D eigenvalue weighted by atomic mass is 14.3. The normalized spacial score (nSPS) is 20.9. The van der Waals surface area contributed by atoms with Crippen molar-refractivity contribution in [3.8, 4) is 0 Å². The van der Waals surface area contributed by atoms with Gasteiger partial charge in [0.05, 0.1) is 0 Å². The van der Waals surface area contributed by atoms with E-state index in [9.17, 15) is 0 Å². The van der Waals surface area contributed by atoms with Crippen molar-refractivity contribution in [1.29, 1.82) is 0 Å². The number of hydrogen-bond acceptors (Lipinski definition) is 0. The first-order chi connectivity index (χ1) is 7.49. The van der Waals surface area contributed by atoms with E-state index >= 15 is 0 Å². The lowest BCUT2D eigenvalue weighted by molar-refractivity contribution is 0.152. The van der Waals surface area contributed by atoms with Crippen molar-refractivity contribution in [1.82, 2.24) is 0 Å². The monoisotopic (exact) mass is 224 g/mol. The summed E-state index contributed by atoms with van der Waals surface area (Å²) in [6.45, 7) is 18.2. The molecule has 0 aromatic carbocycles. The first-order valence-electron chi connectivity index (χ1n) is 7.10. The molecule has 96 valence electrons. The zero-order chi connectivity index (χ0) is 12.7. The molecule has 0 spiro atoms. The molecule has 0 radical (unpaired) electrons. The van der Waals surface area contributed by atoms with Crippen LogP contribution < -0.4 is 0 Å². The van der Waals surface area contributed by atoms with Gasteiger partial charge >= 0.3 is 0 Å². The summed E-state index contributed by atoms with van der Waals surface area (Å²) >= 11 is 0. The Morgan fingerprint density at radius 2 is 1.38 bits per heavy atom. The molecule has 0 N–H and O–H groups in total. The molecule has 0 saturated carbocycles. The van der Waals surface area contributed by atoms with E-state index in [2.05, 4.69) is 54.2 Å². The van der Waals surface area contributed by atoms with Crippen LogP contribution in [0.4, 0.5) is 0 Å². The van der Waals surface area contributed by atoms with Gasteiger partial charge in [-0.25, -0.2) is 0 Å². The second-order valence-corrected chi connectivity index (χ2v) is 5.68. The fraction of sp³-hybridized carbons (Fsp3) is 0.875. The van der Waals surface area contributed by atoms with Crippen molar-refractivity contribution in [2.24, 2.45) is 29.6 Å². The molecule has 0 amide bonds. The van der Waals surface area contributed by atoms with Crippen LogP contribution >= 0.6 is 0 Å². The van der Waals surface area contributed by atoms with Crippen molar-refractivity contribution < 1.29 is 0 Å². The highest BCUT2D eigenvalue weighted by molar-refractivity contribution is 4.83. The molecule has 5 atom stereocenters. The van der Waals surface area contributed by atoms with Gasteiger partial charge in [0.1, 0.15) is 0 Å². The van der Waals surface area contributed by atoms with Gasteiger partial charge in [-0.1, -0.05) is 60.5 Å². The fourth-order valence-corrected chi connectivity index (χ4v) is 2.74. The van der Waals surface area contributed by atoms with Crippen LogP contribution in [0, 0.1) is 29.6 Å². The van der Waals surface area contributed by atoms with Crippen LogP contribution in [0.2, 0.25) is 0 Å². The highest BCUT2D eigenvalue weighted by Crippen LogP contribution is 2.35. The first kappa shape index (κ1) is 15.7. The average Bonchev–Trinajstić information content (AvgIpc) is 2.32. The molecule has 0 aliphatic carbocycles. The second-order valence-electron chi connectivity index (χ2n) is 5.68. The van der Waals surface area contributed by atoms with Crippen molar-refractivity contribution in [3.05, 3.63) is 12.7 Å². The van der Waals surface area contributed by atoms with Gasteiger partial charge in [-0.2, -0.15) is 0 Å². The minimum atomic E-state index is 0.808. The van der Waals surface area contributed by atoms with Crippen LogP contribution in [0.25, 0.3) is 0 Å². The average molecular weight is 224 g/mol. The minimum absolute atomic E-state index is 0.808. The summed E-state index contributed by atoms with van der Waals surface area (Å²) in [5.74, 6) is 4.10. The number of allylic oxidation sites excluding steroid dienone is 1. The standard InChI is InChI=1S/C16H32/c1-8-11-16(13(5)10-3)15(7)14(6)12(4)9-2/h8,12-16H,1,9-11H2,2-7H3. The van der Waals surface area contributed by atoms with Crippen LogP contribution in [-0.2, 0) is 0 Å². The predicted octanol–water partition coefficient (Wildman–Crippen LogP) is 5.54. The van der Waals surface area contributed by atoms with Gasteiger partial charge in [0, 0.05) is 0 Å². The Kier molecular flexibility index (Phi) is 7.80. The maximum atomic E-state index is 3.92. The Bertz CT molecular complexity index is 182. The van der Waals surface area contributed by atoms with Crippen molar-refractivity contribution >= 4 is 0 Å². The van der Waals surface area contributed by atoms with Gasteiger partial charge in [0.25, 0.3) is 0 Å².